The molecule has 1 aromatic rings. The van der Waals surface area contributed by atoms with E-state index in [2.05, 4.69) is 20.3 Å². The first kappa shape index (κ1) is 9.21. The van der Waals surface area contributed by atoms with Crippen LogP contribution < -0.4 is 5.32 Å². The van der Waals surface area contributed by atoms with Crippen LogP contribution in [0.4, 0.5) is 0 Å². The fraction of sp³-hybridized carbons (Fsp3) is 0.556. The molecule has 2 rings (SSSR count). The van der Waals surface area contributed by atoms with Crippen LogP contribution in [0, 0.1) is 6.92 Å². The second kappa shape index (κ2) is 3.42. The zero-order valence-electron chi connectivity index (χ0n) is 8.26. The molecule has 0 spiro atoms. The Morgan fingerprint density at radius 1 is 1.64 bits per heavy atom. The second-order valence-corrected chi connectivity index (χ2v) is 3.43. The molecule has 0 amide bonds. The lowest BCUT2D eigenvalue weighted by molar-refractivity contribution is -0.143. The Balaban J connectivity index is 2.18. The summed E-state index contributed by atoms with van der Waals surface area (Å²) in [6, 6.07) is -0.254. The number of H-pyrrole nitrogens is 1. The zero-order chi connectivity index (χ0) is 10.1. The van der Waals surface area contributed by atoms with Gasteiger partial charge in [0.1, 0.15) is 6.04 Å². The number of aryl methyl sites for hydroxylation is 1. The van der Waals surface area contributed by atoms with Gasteiger partial charge in [0.05, 0.1) is 12.8 Å². The summed E-state index contributed by atoms with van der Waals surface area (Å²) >= 11 is 0. The molecule has 0 fully saturated rings. The van der Waals surface area contributed by atoms with E-state index in [1.165, 1.54) is 12.7 Å². The molecule has 0 bridgehead atoms. The van der Waals surface area contributed by atoms with Crippen LogP contribution in [-0.4, -0.2) is 29.3 Å². The van der Waals surface area contributed by atoms with E-state index in [4.69, 9.17) is 0 Å². The lowest BCUT2D eigenvalue weighted by atomic mass is 10.0. The molecule has 0 radical (unpaired) electrons. The Labute approximate surface area is 81.8 Å². The maximum Gasteiger partial charge on any atom is 0.323 e. The van der Waals surface area contributed by atoms with Crippen LogP contribution in [-0.2, 0) is 22.5 Å². The highest BCUT2D eigenvalue weighted by molar-refractivity contribution is 5.76. The van der Waals surface area contributed by atoms with E-state index in [-0.39, 0.29) is 12.0 Å². The minimum atomic E-state index is -0.254. The van der Waals surface area contributed by atoms with E-state index < -0.39 is 0 Å². The molecule has 1 aliphatic rings. The topological polar surface area (TPSA) is 67.0 Å². The first-order chi connectivity index (χ1) is 6.72. The largest absolute Gasteiger partial charge is 0.468 e. The number of ether oxygens (including phenoxy) is 1. The van der Waals surface area contributed by atoms with Crippen molar-refractivity contribution in [3.63, 3.8) is 0 Å². The van der Waals surface area contributed by atoms with Gasteiger partial charge in [0.2, 0.25) is 0 Å². The summed E-state index contributed by atoms with van der Waals surface area (Å²) < 4.78 is 4.67. The summed E-state index contributed by atoms with van der Waals surface area (Å²) in [5.41, 5.74) is 3.21. The van der Waals surface area contributed by atoms with Gasteiger partial charge in [-0.1, -0.05) is 0 Å². The Bertz CT molecular complexity index is 359. The number of carbonyl (C=O) groups excluding carboxylic acids is 1. The number of hydrogen-bond acceptors (Lipinski definition) is 4. The predicted octanol–water partition coefficient (Wildman–Crippen LogP) is -0.0946. The number of fused-ring (bicyclic) bond motifs is 1. The number of rotatable bonds is 1. The molecule has 2 heterocycles. The van der Waals surface area contributed by atoms with Gasteiger partial charge in [-0.2, -0.15) is 5.10 Å². The number of methoxy groups -OCH3 is 1. The monoisotopic (exact) mass is 195 g/mol. The standard InChI is InChI=1S/C9H13N3O2/c1-5-6-4-10-8(9(13)14-2)3-7(6)12-11-5/h8,10H,3-4H2,1-2H3,(H,11,12). The van der Waals surface area contributed by atoms with Gasteiger partial charge in [-0.05, 0) is 6.92 Å². The molecule has 0 aliphatic carbocycles. The van der Waals surface area contributed by atoms with E-state index in [9.17, 15) is 4.79 Å². The minimum absolute atomic E-state index is 0.226. The van der Waals surface area contributed by atoms with Crippen molar-refractivity contribution in [2.24, 2.45) is 0 Å². The third kappa shape index (κ3) is 1.39. The molecule has 5 heteroatoms. The molecular weight excluding hydrogens is 182 g/mol. The van der Waals surface area contributed by atoms with Crippen molar-refractivity contribution in [2.45, 2.75) is 25.9 Å². The molecule has 0 aromatic carbocycles. The van der Waals surface area contributed by atoms with Crippen molar-refractivity contribution >= 4 is 5.97 Å². The van der Waals surface area contributed by atoms with Crippen molar-refractivity contribution < 1.29 is 9.53 Å². The average molecular weight is 195 g/mol. The van der Waals surface area contributed by atoms with E-state index in [1.54, 1.807) is 0 Å². The van der Waals surface area contributed by atoms with Crippen LogP contribution in [0.15, 0.2) is 0 Å². The van der Waals surface area contributed by atoms with E-state index in [0.29, 0.717) is 13.0 Å². The Morgan fingerprint density at radius 2 is 2.43 bits per heavy atom. The zero-order valence-corrected chi connectivity index (χ0v) is 8.26. The summed E-state index contributed by atoms with van der Waals surface area (Å²) in [7, 11) is 1.40. The average Bonchev–Trinajstić information content (AvgIpc) is 2.59. The third-order valence-corrected chi connectivity index (χ3v) is 2.57. The van der Waals surface area contributed by atoms with Gasteiger partial charge in [0.25, 0.3) is 0 Å². The van der Waals surface area contributed by atoms with Crippen LogP contribution >= 0.6 is 0 Å². The van der Waals surface area contributed by atoms with Crippen LogP contribution in [0.1, 0.15) is 17.0 Å². The molecule has 0 saturated carbocycles. The molecule has 1 unspecified atom stereocenters. The summed E-state index contributed by atoms with van der Waals surface area (Å²) in [4.78, 5) is 11.3. The number of hydrogen-bond donors (Lipinski definition) is 2. The quantitative estimate of drug-likeness (QED) is 0.614. The van der Waals surface area contributed by atoms with Gasteiger partial charge < -0.3 is 4.74 Å². The fourth-order valence-electron chi connectivity index (χ4n) is 1.71. The van der Waals surface area contributed by atoms with Gasteiger partial charge in [0.15, 0.2) is 0 Å². The summed E-state index contributed by atoms with van der Waals surface area (Å²) in [6.07, 6.45) is 0.604. The highest BCUT2D eigenvalue weighted by Gasteiger charge is 2.27. The predicted molar refractivity (Wildman–Crippen MR) is 49.7 cm³/mol. The number of aromatic nitrogens is 2. The number of esters is 1. The van der Waals surface area contributed by atoms with Crippen LogP contribution in [0.2, 0.25) is 0 Å². The van der Waals surface area contributed by atoms with Gasteiger partial charge >= 0.3 is 5.97 Å². The molecular formula is C9H13N3O2. The summed E-state index contributed by atoms with van der Waals surface area (Å²) in [6.45, 7) is 2.66. The number of carbonyl (C=O) groups is 1. The number of nitrogens with one attached hydrogen (secondary N) is 2. The molecule has 1 aromatic heterocycles. The Hall–Kier alpha value is -1.36. The molecule has 1 atom stereocenters. The van der Waals surface area contributed by atoms with Crippen molar-refractivity contribution in [1.29, 1.82) is 0 Å². The van der Waals surface area contributed by atoms with Crippen molar-refractivity contribution in [3.05, 3.63) is 17.0 Å². The molecule has 0 saturated heterocycles. The van der Waals surface area contributed by atoms with Crippen LogP contribution in [0.5, 0.6) is 0 Å². The molecule has 14 heavy (non-hydrogen) atoms. The minimum Gasteiger partial charge on any atom is -0.468 e. The smallest absolute Gasteiger partial charge is 0.323 e. The lowest BCUT2D eigenvalue weighted by Gasteiger charge is -2.20. The van der Waals surface area contributed by atoms with E-state index >= 15 is 0 Å². The number of nitrogens with zero attached hydrogens (tertiary/aromatic N) is 1. The SMILES string of the molecule is COC(=O)C1Cc2n[nH]c(C)c2CN1. The Morgan fingerprint density at radius 3 is 3.14 bits per heavy atom. The lowest BCUT2D eigenvalue weighted by Crippen LogP contribution is -2.42. The molecule has 1 aliphatic heterocycles. The van der Waals surface area contributed by atoms with Crippen LogP contribution in [0.25, 0.3) is 0 Å². The van der Waals surface area contributed by atoms with Crippen molar-refractivity contribution in [1.82, 2.24) is 15.5 Å². The molecule has 2 N–H and O–H groups in total. The summed E-state index contributed by atoms with van der Waals surface area (Å²) in [5.74, 6) is -0.226. The van der Waals surface area contributed by atoms with Crippen molar-refractivity contribution in [2.75, 3.05) is 7.11 Å². The molecule has 5 nitrogen and oxygen atoms in total. The van der Waals surface area contributed by atoms with Gasteiger partial charge in [-0.15, -0.1) is 0 Å². The van der Waals surface area contributed by atoms with Crippen LogP contribution in [0.3, 0.4) is 0 Å². The number of aromatic amines is 1. The first-order valence-corrected chi connectivity index (χ1v) is 4.56. The van der Waals surface area contributed by atoms with Gasteiger partial charge in [-0.3, -0.25) is 15.2 Å². The maximum atomic E-state index is 11.3. The van der Waals surface area contributed by atoms with Crippen molar-refractivity contribution in [3.8, 4) is 0 Å². The normalized spacial score (nSPS) is 20.3. The summed E-state index contributed by atoms with van der Waals surface area (Å²) in [5, 5.41) is 10.2. The van der Waals surface area contributed by atoms with Gasteiger partial charge in [0, 0.05) is 24.2 Å². The maximum absolute atomic E-state index is 11.3. The fourth-order valence-corrected chi connectivity index (χ4v) is 1.71. The van der Waals surface area contributed by atoms with E-state index in [1.807, 2.05) is 6.92 Å². The Kier molecular flexibility index (Phi) is 2.25. The second-order valence-electron chi connectivity index (χ2n) is 3.43. The van der Waals surface area contributed by atoms with E-state index in [0.717, 1.165) is 11.4 Å². The first-order valence-electron chi connectivity index (χ1n) is 4.56. The highest BCUT2D eigenvalue weighted by Crippen LogP contribution is 2.17. The highest BCUT2D eigenvalue weighted by atomic mass is 16.5. The third-order valence-electron chi connectivity index (χ3n) is 2.57. The van der Waals surface area contributed by atoms with Gasteiger partial charge in [-0.25, -0.2) is 0 Å². The molecule has 76 valence electrons.